The Labute approximate surface area is 64.4 Å². The Hall–Kier alpha value is -0.730. The molecule has 1 unspecified atom stereocenters. The Morgan fingerprint density at radius 3 is 2.00 bits per heavy atom. The van der Waals surface area contributed by atoms with E-state index in [9.17, 15) is 13.2 Å². The van der Waals surface area contributed by atoms with Crippen molar-refractivity contribution >= 4 is 0 Å². The van der Waals surface area contributed by atoms with Crippen LogP contribution in [0, 0.1) is 0 Å². The lowest BCUT2D eigenvalue weighted by Gasteiger charge is -1.96. The van der Waals surface area contributed by atoms with Gasteiger partial charge in [-0.3, -0.25) is 0 Å². The van der Waals surface area contributed by atoms with E-state index in [0.717, 1.165) is 6.92 Å². The third-order valence-electron chi connectivity index (χ3n) is 1.12. The number of halogens is 3. The molecule has 64 valence electrons. The van der Waals surface area contributed by atoms with Gasteiger partial charge in [-0.2, -0.15) is 0 Å². The monoisotopic (exact) mass is 164 g/mol. The fourth-order valence-electron chi connectivity index (χ4n) is 0.380. The topological polar surface area (TPSA) is 0 Å². The summed E-state index contributed by atoms with van der Waals surface area (Å²) in [5.41, 5.74) is 0.334. The van der Waals surface area contributed by atoms with Crippen LogP contribution in [0.1, 0.15) is 20.8 Å². The number of alkyl halides is 1. The molecular weight excluding hydrogens is 153 g/mol. The minimum Gasteiger partial charge on any atom is -0.240 e. The Kier molecular flexibility index (Phi) is 3.93. The first-order chi connectivity index (χ1) is 4.95. The molecule has 0 heterocycles. The summed E-state index contributed by atoms with van der Waals surface area (Å²) in [4.78, 5) is 0. The van der Waals surface area contributed by atoms with Crippen molar-refractivity contribution in [2.45, 2.75) is 26.9 Å². The second-order valence-electron chi connectivity index (χ2n) is 2.49. The largest absolute Gasteiger partial charge is 0.240 e. The molecule has 0 aromatic carbocycles. The highest BCUT2D eigenvalue weighted by atomic mass is 19.2. The predicted octanol–water partition coefficient (Wildman–Crippen LogP) is 3.46. The van der Waals surface area contributed by atoms with Crippen LogP contribution in [0.2, 0.25) is 0 Å². The molecule has 0 aromatic rings. The molecule has 0 rings (SSSR count). The zero-order valence-corrected chi connectivity index (χ0v) is 6.79. The highest BCUT2D eigenvalue weighted by Crippen LogP contribution is 2.14. The van der Waals surface area contributed by atoms with Crippen molar-refractivity contribution < 1.29 is 13.2 Å². The smallest absolute Gasteiger partial charge is 0.149 e. The van der Waals surface area contributed by atoms with Gasteiger partial charge in [0.05, 0.1) is 0 Å². The first-order valence-electron chi connectivity index (χ1n) is 3.29. The average molecular weight is 164 g/mol. The number of rotatable bonds is 2. The first kappa shape index (κ1) is 10.3. The summed E-state index contributed by atoms with van der Waals surface area (Å²) in [6.07, 6.45) is -1.17. The number of allylic oxidation sites excluding steroid dienone is 4. The van der Waals surface area contributed by atoms with E-state index in [0.29, 0.717) is 11.6 Å². The third-order valence-corrected chi connectivity index (χ3v) is 1.12. The van der Waals surface area contributed by atoms with Crippen LogP contribution in [0.4, 0.5) is 13.2 Å². The van der Waals surface area contributed by atoms with Gasteiger partial charge in [0.15, 0.2) is 0 Å². The zero-order chi connectivity index (χ0) is 9.02. The second kappa shape index (κ2) is 4.21. The second-order valence-corrected chi connectivity index (χ2v) is 2.49. The van der Waals surface area contributed by atoms with E-state index in [4.69, 9.17) is 0 Å². The molecule has 0 aliphatic heterocycles. The van der Waals surface area contributed by atoms with Crippen LogP contribution >= 0.6 is 0 Å². The SMILES string of the molecule is CC(C)=C(F)/C=C(/F)C(C)F. The standard InChI is InChI=1S/C8H11F3/c1-5(2)7(10)4-8(11)6(3)9/h4,6H,1-3H3/b8-4+. The molecule has 0 saturated heterocycles. The van der Waals surface area contributed by atoms with Crippen molar-refractivity contribution in [1.29, 1.82) is 0 Å². The van der Waals surface area contributed by atoms with E-state index in [1.54, 1.807) is 0 Å². The minimum atomic E-state index is -1.74. The van der Waals surface area contributed by atoms with Crippen LogP contribution in [0.5, 0.6) is 0 Å². The van der Waals surface area contributed by atoms with Gasteiger partial charge in [-0.25, -0.2) is 13.2 Å². The minimum absolute atomic E-state index is 0.334. The quantitative estimate of drug-likeness (QED) is 0.548. The Bertz CT molecular complexity index is 186. The van der Waals surface area contributed by atoms with E-state index in [-0.39, 0.29) is 0 Å². The Morgan fingerprint density at radius 1 is 1.27 bits per heavy atom. The normalized spacial score (nSPS) is 14.5. The van der Waals surface area contributed by atoms with Gasteiger partial charge < -0.3 is 0 Å². The van der Waals surface area contributed by atoms with Crippen LogP contribution < -0.4 is 0 Å². The maximum atomic E-state index is 12.5. The predicted molar refractivity (Wildman–Crippen MR) is 39.2 cm³/mol. The van der Waals surface area contributed by atoms with Gasteiger partial charge >= 0.3 is 0 Å². The number of hydrogen-bond donors (Lipinski definition) is 0. The summed E-state index contributed by atoms with van der Waals surface area (Å²) in [7, 11) is 0. The molecule has 0 nitrogen and oxygen atoms in total. The molecule has 0 bridgehead atoms. The highest BCUT2D eigenvalue weighted by molar-refractivity contribution is 5.19. The van der Waals surface area contributed by atoms with E-state index >= 15 is 0 Å². The molecule has 0 aliphatic carbocycles. The maximum Gasteiger partial charge on any atom is 0.149 e. The molecule has 3 heteroatoms. The molecule has 0 amide bonds. The molecule has 0 fully saturated rings. The van der Waals surface area contributed by atoms with E-state index in [1.807, 2.05) is 0 Å². The first-order valence-corrected chi connectivity index (χ1v) is 3.29. The molecule has 0 saturated carbocycles. The van der Waals surface area contributed by atoms with E-state index in [2.05, 4.69) is 0 Å². The third kappa shape index (κ3) is 3.86. The Balaban J connectivity index is 4.44. The zero-order valence-electron chi connectivity index (χ0n) is 6.79. The van der Waals surface area contributed by atoms with E-state index in [1.165, 1.54) is 13.8 Å². The van der Waals surface area contributed by atoms with Crippen LogP contribution in [-0.4, -0.2) is 6.17 Å². The number of hydrogen-bond acceptors (Lipinski definition) is 0. The highest BCUT2D eigenvalue weighted by Gasteiger charge is 2.06. The van der Waals surface area contributed by atoms with Gasteiger partial charge in [0, 0.05) is 6.08 Å². The maximum absolute atomic E-state index is 12.5. The molecular formula is C8H11F3. The summed E-state index contributed by atoms with van der Waals surface area (Å²) in [6, 6.07) is 0. The van der Waals surface area contributed by atoms with Crippen molar-refractivity contribution in [3.05, 3.63) is 23.3 Å². The van der Waals surface area contributed by atoms with Gasteiger partial charge in [0.2, 0.25) is 0 Å². The van der Waals surface area contributed by atoms with Gasteiger partial charge in [0.25, 0.3) is 0 Å². The van der Waals surface area contributed by atoms with Gasteiger partial charge in [-0.15, -0.1) is 0 Å². The lowest BCUT2D eigenvalue weighted by Crippen LogP contribution is -1.92. The van der Waals surface area contributed by atoms with Crippen molar-refractivity contribution in [2.75, 3.05) is 0 Å². The van der Waals surface area contributed by atoms with Crippen LogP contribution in [-0.2, 0) is 0 Å². The lowest BCUT2D eigenvalue weighted by molar-refractivity contribution is 0.348. The summed E-state index contributed by atoms with van der Waals surface area (Å²) in [5.74, 6) is -1.80. The van der Waals surface area contributed by atoms with Crippen LogP contribution in [0.3, 0.4) is 0 Å². The molecule has 0 aromatic heterocycles. The molecule has 0 spiro atoms. The van der Waals surface area contributed by atoms with Crippen molar-refractivity contribution in [1.82, 2.24) is 0 Å². The van der Waals surface area contributed by atoms with Crippen molar-refractivity contribution in [3.63, 3.8) is 0 Å². The fourth-order valence-corrected chi connectivity index (χ4v) is 0.380. The van der Waals surface area contributed by atoms with Gasteiger partial charge in [0.1, 0.15) is 17.8 Å². The Morgan fingerprint density at radius 2 is 1.73 bits per heavy atom. The van der Waals surface area contributed by atoms with E-state index < -0.39 is 17.8 Å². The molecule has 11 heavy (non-hydrogen) atoms. The van der Waals surface area contributed by atoms with Crippen molar-refractivity contribution in [3.8, 4) is 0 Å². The summed E-state index contributed by atoms with van der Waals surface area (Å²) >= 11 is 0. The molecule has 0 aliphatic rings. The van der Waals surface area contributed by atoms with Crippen molar-refractivity contribution in [2.24, 2.45) is 0 Å². The van der Waals surface area contributed by atoms with Gasteiger partial charge in [-0.05, 0) is 26.3 Å². The van der Waals surface area contributed by atoms with Gasteiger partial charge in [-0.1, -0.05) is 0 Å². The molecule has 0 radical (unpaired) electrons. The summed E-state index contributed by atoms with van der Waals surface area (Å²) < 4.78 is 37.0. The van der Waals surface area contributed by atoms with Crippen LogP contribution in [0.25, 0.3) is 0 Å². The average Bonchev–Trinajstić information content (AvgIpc) is 1.87. The molecule has 0 N–H and O–H groups in total. The summed E-state index contributed by atoms with van der Waals surface area (Å²) in [6.45, 7) is 3.99. The lowest BCUT2D eigenvalue weighted by atomic mass is 10.2. The summed E-state index contributed by atoms with van der Waals surface area (Å²) in [5, 5.41) is 0. The van der Waals surface area contributed by atoms with Crippen LogP contribution in [0.15, 0.2) is 23.3 Å². The fraction of sp³-hybridized carbons (Fsp3) is 0.500. The molecule has 1 atom stereocenters.